The van der Waals surface area contributed by atoms with Crippen LogP contribution < -0.4 is 10.5 Å². The summed E-state index contributed by atoms with van der Waals surface area (Å²) in [5.74, 6) is 1.92. The number of nitrogens with two attached hydrogens (primary N) is 1. The first kappa shape index (κ1) is 14.3. The van der Waals surface area contributed by atoms with Gasteiger partial charge in [-0.3, -0.25) is 0 Å². The molecular weight excluding hydrogens is 254 g/mol. The van der Waals surface area contributed by atoms with E-state index in [-0.39, 0.29) is 0 Å². The highest BCUT2D eigenvalue weighted by molar-refractivity contribution is 5.72. The van der Waals surface area contributed by atoms with Crippen LogP contribution in [0.15, 0.2) is 24.3 Å². The van der Waals surface area contributed by atoms with Crippen molar-refractivity contribution in [2.24, 2.45) is 0 Å². The summed E-state index contributed by atoms with van der Waals surface area (Å²) in [5, 5.41) is 0. The zero-order valence-electron chi connectivity index (χ0n) is 12.0. The van der Waals surface area contributed by atoms with E-state index in [9.17, 15) is 0 Å². The van der Waals surface area contributed by atoms with Gasteiger partial charge >= 0.3 is 0 Å². The minimum Gasteiger partial charge on any atom is -0.490 e. The van der Waals surface area contributed by atoms with Crippen molar-refractivity contribution in [3.05, 3.63) is 35.7 Å². The molecule has 0 aliphatic heterocycles. The molecule has 1 heterocycles. The Morgan fingerprint density at radius 3 is 2.60 bits per heavy atom. The smallest absolute Gasteiger partial charge is 0.130 e. The van der Waals surface area contributed by atoms with Crippen LogP contribution in [-0.4, -0.2) is 30.3 Å². The summed E-state index contributed by atoms with van der Waals surface area (Å²) in [4.78, 5) is 8.66. The number of nitrogen functional groups attached to an aromatic ring is 1. The molecule has 0 saturated heterocycles. The Kier molecular flexibility index (Phi) is 4.53. The maximum atomic E-state index is 5.92. The first-order valence-corrected chi connectivity index (χ1v) is 6.45. The molecule has 1 aromatic heterocycles. The van der Waals surface area contributed by atoms with E-state index in [0.29, 0.717) is 24.9 Å². The Labute approximate surface area is 118 Å². The number of aromatic nitrogens is 2. The molecule has 5 nitrogen and oxygen atoms in total. The Hall–Kier alpha value is -2.14. The van der Waals surface area contributed by atoms with Gasteiger partial charge in [-0.25, -0.2) is 9.97 Å². The van der Waals surface area contributed by atoms with Gasteiger partial charge in [-0.2, -0.15) is 0 Å². The van der Waals surface area contributed by atoms with E-state index in [1.54, 1.807) is 7.11 Å². The molecule has 2 N–H and O–H groups in total. The third kappa shape index (κ3) is 3.05. The van der Waals surface area contributed by atoms with Crippen LogP contribution in [0, 0.1) is 13.8 Å². The van der Waals surface area contributed by atoms with Crippen LogP contribution in [0.5, 0.6) is 5.75 Å². The minimum absolute atomic E-state index is 0.492. The first-order valence-electron chi connectivity index (χ1n) is 6.45. The third-order valence-electron chi connectivity index (χ3n) is 2.98. The van der Waals surface area contributed by atoms with Crippen molar-refractivity contribution in [1.29, 1.82) is 0 Å². The van der Waals surface area contributed by atoms with Crippen LogP contribution in [-0.2, 0) is 4.74 Å². The van der Waals surface area contributed by atoms with Crippen LogP contribution in [0.25, 0.3) is 11.3 Å². The second-order valence-corrected chi connectivity index (χ2v) is 4.47. The van der Waals surface area contributed by atoms with Gasteiger partial charge in [-0.05, 0) is 26.0 Å². The summed E-state index contributed by atoms with van der Waals surface area (Å²) < 4.78 is 10.7. The fourth-order valence-corrected chi connectivity index (χ4v) is 1.94. The molecule has 0 atom stereocenters. The Balaban J connectivity index is 2.42. The summed E-state index contributed by atoms with van der Waals surface area (Å²) >= 11 is 0. The molecule has 5 heteroatoms. The first-order chi connectivity index (χ1) is 9.63. The molecule has 0 spiro atoms. The van der Waals surface area contributed by atoms with Crippen molar-refractivity contribution in [1.82, 2.24) is 9.97 Å². The summed E-state index contributed by atoms with van der Waals surface area (Å²) in [6, 6.07) is 7.76. The lowest BCUT2D eigenvalue weighted by Gasteiger charge is -2.13. The molecule has 0 fully saturated rings. The van der Waals surface area contributed by atoms with Crippen LogP contribution >= 0.6 is 0 Å². The molecule has 0 aliphatic rings. The molecule has 2 rings (SSSR count). The van der Waals surface area contributed by atoms with E-state index in [4.69, 9.17) is 15.2 Å². The number of hydrogen-bond acceptors (Lipinski definition) is 5. The Bertz CT molecular complexity index is 600. The second-order valence-electron chi connectivity index (χ2n) is 4.47. The summed E-state index contributed by atoms with van der Waals surface area (Å²) in [6.07, 6.45) is 0. The molecule has 1 aromatic carbocycles. The van der Waals surface area contributed by atoms with Crippen LogP contribution in [0.2, 0.25) is 0 Å². The molecule has 20 heavy (non-hydrogen) atoms. The number of anilines is 1. The predicted molar refractivity (Wildman–Crippen MR) is 78.7 cm³/mol. The van der Waals surface area contributed by atoms with E-state index in [0.717, 1.165) is 22.6 Å². The average molecular weight is 273 g/mol. The lowest BCUT2D eigenvalue weighted by Crippen LogP contribution is -2.06. The van der Waals surface area contributed by atoms with Gasteiger partial charge in [0, 0.05) is 18.2 Å². The topological polar surface area (TPSA) is 70.3 Å². The maximum absolute atomic E-state index is 5.92. The molecule has 2 aromatic rings. The van der Waals surface area contributed by atoms with E-state index >= 15 is 0 Å². The summed E-state index contributed by atoms with van der Waals surface area (Å²) in [6.45, 7) is 4.77. The average Bonchev–Trinajstić information content (AvgIpc) is 2.44. The number of rotatable bonds is 5. The summed E-state index contributed by atoms with van der Waals surface area (Å²) in [5.41, 5.74) is 8.50. The monoisotopic (exact) mass is 273 g/mol. The van der Waals surface area contributed by atoms with Gasteiger partial charge in [0.15, 0.2) is 0 Å². The Morgan fingerprint density at radius 2 is 1.85 bits per heavy atom. The quantitative estimate of drug-likeness (QED) is 0.847. The van der Waals surface area contributed by atoms with E-state index < -0.39 is 0 Å². The highest BCUT2D eigenvalue weighted by Crippen LogP contribution is 2.32. The van der Waals surface area contributed by atoms with Gasteiger partial charge < -0.3 is 15.2 Å². The molecule has 0 amide bonds. The van der Waals surface area contributed by atoms with E-state index in [1.165, 1.54) is 0 Å². The lowest BCUT2D eigenvalue weighted by atomic mass is 10.1. The van der Waals surface area contributed by atoms with Crippen molar-refractivity contribution in [2.45, 2.75) is 13.8 Å². The van der Waals surface area contributed by atoms with Gasteiger partial charge in [0.05, 0.1) is 12.3 Å². The van der Waals surface area contributed by atoms with Gasteiger partial charge in [0.25, 0.3) is 0 Å². The highest BCUT2D eigenvalue weighted by Gasteiger charge is 2.13. The van der Waals surface area contributed by atoms with Gasteiger partial charge in [-0.15, -0.1) is 0 Å². The van der Waals surface area contributed by atoms with Gasteiger partial charge in [-0.1, -0.05) is 12.1 Å². The largest absolute Gasteiger partial charge is 0.490 e. The Morgan fingerprint density at radius 1 is 1.10 bits per heavy atom. The van der Waals surface area contributed by atoms with Crippen molar-refractivity contribution >= 4 is 5.82 Å². The van der Waals surface area contributed by atoms with Crippen molar-refractivity contribution in [3.8, 4) is 17.0 Å². The number of methoxy groups -OCH3 is 1. The number of ether oxygens (including phenoxy) is 2. The molecule has 0 aliphatic carbocycles. The van der Waals surface area contributed by atoms with Crippen molar-refractivity contribution in [3.63, 3.8) is 0 Å². The predicted octanol–water partition coefficient (Wildman–Crippen LogP) is 2.37. The molecule has 0 bridgehead atoms. The van der Waals surface area contributed by atoms with Crippen molar-refractivity contribution in [2.75, 3.05) is 26.1 Å². The van der Waals surface area contributed by atoms with Gasteiger partial charge in [0.1, 0.15) is 24.0 Å². The number of benzene rings is 1. The number of nitrogens with zero attached hydrogens (tertiary/aromatic N) is 2. The highest BCUT2D eigenvalue weighted by atomic mass is 16.5. The zero-order valence-corrected chi connectivity index (χ0v) is 12.0. The molecule has 0 saturated carbocycles. The molecular formula is C15H19N3O2. The van der Waals surface area contributed by atoms with Gasteiger partial charge in [0.2, 0.25) is 0 Å². The molecule has 0 radical (unpaired) electrons. The molecule has 106 valence electrons. The van der Waals surface area contributed by atoms with Crippen LogP contribution in [0.1, 0.15) is 11.4 Å². The lowest BCUT2D eigenvalue weighted by molar-refractivity contribution is 0.146. The normalized spacial score (nSPS) is 10.6. The minimum atomic E-state index is 0.492. The second kappa shape index (κ2) is 6.34. The maximum Gasteiger partial charge on any atom is 0.130 e. The number of hydrogen-bond donors (Lipinski definition) is 1. The standard InChI is InChI=1S/C15H19N3O2/c1-10-14(17-11(2)18-15(10)16)12-6-4-5-7-13(12)20-9-8-19-3/h4-7H,8-9H2,1-3H3,(H2,16,17,18). The fraction of sp³-hybridized carbons (Fsp3) is 0.333. The van der Waals surface area contributed by atoms with E-state index in [1.807, 2.05) is 38.1 Å². The van der Waals surface area contributed by atoms with Crippen LogP contribution in [0.3, 0.4) is 0 Å². The third-order valence-corrected chi connectivity index (χ3v) is 2.98. The fourth-order valence-electron chi connectivity index (χ4n) is 1.94. The number of para-hydroxylation sites is 1. The number of aryl methyl sites for hydroxylation is 1. The van der Waals surface area contributed by atoms with Crippen LogP contribution in [0.4, 0.5) is 5.82 Å². The molecule has 0 unspecified atom stereocenters. The van der Waals surface area contributed by atoms with Crippen molar-refractivity contribution < 1.29 is 9.47 Å². The van der Waals surface area contributed by atoms with E-state index in [2.05, 4.69) is 9.97 Å². The SMILES string of the molecule is COCCOc1ccccc1-c1nc(C)nc(N)c1C. The summed E-state index contributed by atoms with van der Waals surface area (Å²) in [7, 11) is 1.65. The zero-order chi connectivity index (χ0) is 14.5.